The van der Waals surface area contributed by atoms with E-state index in [0.717, 1.165) is 12.7 Å². The van der Waals surface area contributed by atoms with Gasteiger partial charge >= 0.3 is 10.1 Å². The molecule has 23 heavy (non-hydrogen) atoms. The summed E-state index contributed by atoms with van der Waals surface area (Å²) in [5.41, 5.74) is 1.47. The number of benzene rings is 1. The van der Waals surface area contributed by atoms with Crippen molar-refractivity contribution in [1.29, 1.82) is 0 Å². The maximum Gasteiger partial charge on any atom is 0.332 e. The van der Waals surface area contributed by atoms with Crippen LogP contribution in [-0.2, 0) is 20.8 Å². The molecule has 0 amide bonds. The predicted octanol–water partition coefficient (Wildman–Crippen LogP) is 1.01. The van der Waals surface area contributed by atoms with Crippen LogP contribution in [0, 0.1) is 0 Å². The summed E-state index contributed by atoms with van der Waals surface area (Å²) in [5, 5.41) is 12.0. The van der Waals surface area contributed by atoms with Crippen molar-refractivity contribution in [3.8, 4) is 5.75 Å². The molecule has 0 radical (unpaired) electrons. The van der Waals surface area contributed by atoms with E-state index in [2.05, 4.69) is 29.4 Å². The topological polar surface area (TPSA) is 130 Å². The molecule has 0 aliphatic rings. The van der Waals surface area contributed by atoms with Gasteiger partial charge in [-0.1, -0.05) is 12.1 Å². The van der Waals surface area contributed by atoms with Crippen LogP contribution in [0.4, 0.5) is 5.82 Å². The van der Waals surface area contributed by atoms with E-state index in [1.54, 1.807) is 18.2 Å². The van der Waals surface area contributed by atoms with Gasteiger partial charge < -0.3 is 15.4 Å². The Morgan fingerprint density at radius 1 is 1.35 bits per heavy atom. The molecule has 0 atom stereocenters. The molecule has 0 aliphatic heterocycles. The number of phenols is 1. The number of nitrogens with one attached hydrogen (secondary N) is 2. The molecule has 3 N–H and O–H groups in total. The third kappa shape index (κ3) is 3.07. The number of rotatable bonds is 5. The molecule has 0 bridgehead atoms. The fourth-order valence-corrected chi connectivity index (χ4v) is 2.53. The molecule has 2 aromatic heterocycles. The first-order valence-corrected chi connectivity index (χ1v) is 7.94. The van der Waals surface area contributed by atoms with Crippen molar-refractivity contribution >= 4 is 27.1 Å². The fourth-order valence-electron chi connectivity index (χ4n) is 1.98. The van der Waals surface area contributed by atoms with Gasteiger partial charge in [-0.2, -0.15) is 18.4 Å². The van der Waals surface area contributed by atoms with Gasteiger partial charge in [0.05, 0.1) is 13.4 Å². The maximum atomic E-state index is 11.8. The number of hydrogen-bond acceptors (Lipinski definition) is 8. The Morgan fingerprint density at radius 2 is 2.17 bits per heavy atom. The Kier molecular flexibility index (Phi) is 3.84. The van der Waals surface area contributed by atoms with Crippen LogP contribution in [-0.4, -0.2) is 40.6 Å². The normalized spacial score (nSPS) is 11.7. The highest BCUT2D eigenvalue weighted by Gasteiger charge is 2.21. The Labute approximate surface area is 131 Å². The molecule has 120 valence electrons. The monoisotopic (exact) mass is 335 g/mol. The van der Waals surface area contributed by atoms with Gasteiger partial charge in [0, 0.05) is 6.54 Å². The maximum absolute atomic E-state index is 11.8. The highest BCUT2D eigenvalue weighted by molar-refractivity contribution is 7.86. The highest BCUT2D eigenvalue weighted by Crippen LogP contribution is 2.20. The van der Waals surface area contributed by atoms with Crippen molar-refractivity contribution in [1.82, 2.24) is 19.9 Å². The fraction of sp³-hybridized carbons (Fsp3) is 0.154. The predicted molar refractivity (Wildman–Crippen MR) is 81.3 cm³/mol. The summed E-state index contributed by atoms with van der Waals surface area (Å²) >= 11 is 0. The average Bonchev–Trinajstić information content (AvgIpc) is 3.01. The van der Waals surface area contributed by atoms with E-state index in [4.69, 9.17) is 0 Å². The smallest absolute Gasteiger partial charge is 0.332 e. The molecule has 0 aliphatic carbocycles. The summed E-state index contributed by atoms with van der Waals surface area (Å²) in [6, 6.07) is 6.67. The molecular formula is C13H13N5O4S. The zero-order valence-electron chi connectivity index (χ0n) is 12.0. The molecule has 3 rings (SSSR count). The first-order chi connectivity index (χ1) is 11.0. The van der Waals surface area contributed by atoms with Crippen molar-refractivity contribution in [2.75, 3.05) is 12.4 Å². The number of H-pyrrole nitrogens is 1. The summed E-state index contributed by atoms with van der Waals surface area (Å²) in [4.78, 5) is 14.6. The number of aromatic amines is 1. The molecule has 0 saturated carbocycles. The summed E-state index contributed by atoms with van der Waals surface area (Å²) in [5.74, 6) is 0.410. The molecule has 3 aromatic rings. The molecule has 0 fully saturated rings. The Morgan fingerprint density at radius 3 is 2.91 bits per heavy atom. The summed E-state index contributed by atoms with van der Waals surface area (Å²) in [6.45, 7) is 0.325. The molecule has 0 saturated heterocycles. The molecule has 0 spiro atoms. The number of aromatic nitrogens is 4. The number of hydrogen-bond donors (Lipinski definition) is 3. The van der Waals surface area contributed by atoms with Crippen LogP contribution in [0.15, 0.2) is 35.7 Å². The van der Waals surface area contributed by atoms with Crippen LogP contribution in [0.3, 0.4) is 0 Å². The zero-order valence-corrected chi connectivity index (χ0v) is 12.8. The quantitative estimate of drug-likeness (QED) is 0.465. The third-order valence-electron chi connectivity index (χ3n) is 3.08. The average molecular weight is 335 g/mol. The largest absolute Gasteiger partial charge is 0.508 e. The minimum atomic E-state index is -4.04. The van der Waals surface area contributed by atoms with Gasteiger partial charge in [-0.05, 0) is 17.7 Å². The Hall–Kier alpha value is -2.72. The summed E-state index contributed by atoms with van der Waals surface area (Å²) in [6.07, 6.45) is 1.39. The van der Waals surface area contributed by atoms with Crippen LogP contribution in [0.1, 0.15) is 5.56 Å². The first-order valence-electron chi connectivity index (χ1n) is 6.53. The lowest BCUT2D eigenvalue weighted by atomic mass is 10.2. The van der Waals surface area contributed by atoms with Gasteiger partial charge in [0.15, 0.2) is 11.5 Å². The second kappa shape index (κ2) is 5.82. The van der Waals surface area contributed by atoms with Gasteiger partial charge in [-0.25, -0.2) is 4.98 Å². The lowest BCUT2D eigenvalue weighted by Crippen LogP contribution is -2.11. The van der Waals surface area contributed by atoms with Crippen LogP contribution in [0.5, 0.6) is 5.75 Å². The van der Waals surface area contributed by atoms with Crippen LogP contribution < -0.4 is 5.32 Å². The lowest BCUT2D eigenvalue weighted by molar-refractivity contribution is 0.392. The number of aromatic hydroxyl groups is 1. The number of fused-ring (bicyclic) bond motifs is 1. The summed E-state index contributed by atoms with van der Waals surface area (Å²) < 4.78 is 28.0. The molecule has 10 heteroatoms. The van der Waals surface area contributed by atoms with Crippen molar-refractivity contribution in [3.05, 3.63) is 36.2 Å². The van der Waals surface area contributed by atoms with E-state index in [9.17, 15) is 13.5 Å². The minimum absolute atomic E-state index is 0.140. The van der Waals surface area contributed by atoms with Gasteiger partial charge in [0.2, 0.25) is 0 Å². The summed E-state index contributed by atoms with van der Waals surface area (Å²) in [7, 11) is -3.00. The van der Waals surface area contributed by atoms with Crippen molar-refractivity contribution in [2.45, 2.75) is 11.7 Å². The number of phenolic OH excluding ortho intramolecular Hbond substituents is 1. The Bertz CT molecular complexity index is 954. The van der Waals surface area contributed by atoms with E-state index in [0.29, 0.717) is 12.1 Å². The molecule has 1 aromatic carbocycles. The molecule has 2 heterocycles. The SMILES string of the molecule is COS(=O)(=O)c1nc(NCc2cccc(O)c2)c2[nH]cnc2n1. The van der Waals surface area contributed by atoms with Crippen LogP contribution in [0.2, 0.25) is 0 Å². The molecular weight excluding hydrogens is 322 g/mol. The minimum Gasteiger partial charge on any atom is -0.508 e. The second-order valence-corrected chi connectivity index (χ2v) is 6.21. The van der Waals surface area contributed by atoms with E-state index in [1.807, 2.05) is 6.07 Å². The Balaban J connectivity index is 1.97. The number of nitrogens with zero attached hydrogens (tertiary/aromatic N) is 3. The van der Waals surface area contributed by atoms with E-state index in [1.165, 1.54) is 6.33 Å². The van der Waals surface area contributed by atoms with Gasteiger partial charge in [-0.15, -0.1) is 0 Å². The first kappa shape index (κ1) is 15.2. The van der Waals surface area contributed by atoms with E-state index < -0.39 is 15.3 Å². The van der Waals surface area contributed by atoms with Crippen molar-refractivity contribution in [2.24, 2.45) is 0 Å². The zero-order chi connectivity index (χ0) is 16.4. The van der Waals surface area contributed by atoms with E-state index >= 15 is 0 Å². The van der Waals surface area contributed by atoms with E-state index in [-0.39, 0.29) is 17.2 Å². The van der Waals surface area contributed by atoms with Gasteiger partial charge in [0.25, 0.3) is 5.16 Å². The lowest BCUT2D eigenvalue weighted by Gasteiger charge is -2.08. The second-order valence-electron chi connectivity index (χ2n) is 4.60. The van der Waals surface area contributed by atoms with Crippen LogP contribution >= 0.6 is 0 Å². The van der Waals surface area contributed by atoms with Crippen molar-refractivity contribution < 1.29 is 17.7 Å². The van der Waals surface area contributed by atoms with Gasteiger partial charge in [0.1, 0.15) is 11.3 Å². The standard InChI is InChI=1S/C13H13N5O4S/c1-22-23(20,21)13-17-11(10-12(18-13)16-7-15-10)14-6-8-3-2-4-9(19)5-8/h2-5,7,19H,6H2,1H3,(H2,14,15,16,17,18). The number of anilines is 1. The van der Waals surface area contributed by atoms with Gasteiger partial charge in [-0.3, -0.25) is 4.18 Å². The highest BCUT2D eigenvalue weighted by atomic mass is 32.2. The molecule has 0 unspecified atom stereocenters. The van der Waals surface area contributed by atoms with Crippen LogP contribution in [0.25, 0.3) is 11.2 Å². The van der Waals surface area contributed by atoms with Crippen molar-refractivity contribution in [3.63, 3.8) is 0 Å². The number of imidazole rings is 1. The molecule has 9 nitrogen and oxygen atoms in total. The third-order valence-corrected chi connectivity index (χ3v) is 4.15.